The number of allylic oxidation sites excluding steroid dienone is 1. The van der Waals surface area contributed by atoms with Crippen molar-refractivity contribution in [3.8, 4) is 0 Å². The van der Waals surface area contributed by atoms with E-state index in [4.69, 9.17) is 0 Å². The van der Waals surface area contributed by atoms with Crippen LogP contribution in [-0.2, 0) is 7.05 Å². The molecule has 1 aromatic carbocycles. The molecule has 1 N–H and O–H groups in total. The van der Waals surface area contributed by atoms with E-state index >= 15 is 0 Å². The van der Waals surface area contributed by atoms with Crippen molar-refractivity contribution in [2.45, 2.75) is 24.7 Å². The molecule has 4 nitrogen and oxygen atoms in total. The number of benzene rings is 1. The van der Waals surface area contributed by atoms with Crippen LogP contribution in [0.4, 0.5) is 14.5 Å². The number of carbonyl (C=O) groups excluding carboxylic acids is 1. The monoisotopic (exact) mass is 315 g/mol. The number of fused-ring (bicyclic) bond motifs is 5. The standard InChI is InChI=1S/C17H15F2N3O/c1-22-8-9(7-20-22)17(23)21-13-4-2-3-10-11-5-6-12(14(10)13)15(11)16(18)19/h2-4,7-8,11-12H,5-6H2,1H3,(H,21,23). The molecule has 2 atom stereocenters. The number of nitrogens with zero attached hydrogens (tertiary/aromatic N) is 2. The molecule has 1 heterocycles. The number of hydrogen-bond donors (Lipinski definition) is 1. The normalized spacial score (nSPS) is 21.4. The van der Waals surface area contributed by atoms with Crippen LogP contribution in [0.15, 0.2) is 42.2 Å². The molecule has 23 heavy (non-hydrogen) atoms. The number of aromatic nitrogens is 2. The topological polar surface area (TPSA) is 46.9 Å². The van der Waals surface area contributed by atoms with Crippen LogP contribution in [0.3, 0.4) is 0 Å². The van der Waals surface area contributed by atoms with E-state index in [0.29, 0.717) is 17.7 Å². The summed E-state index contributed by atoms with van der Waals surface area (Å²) in [5.74, 6) is -0.749. The highest BCUT2D eigenvalue weighted by atomic mass is 19.3. The summed E-state index contributed by atoms with van der Waals surface area (Å²) < 4.78 is 28.1. The minimum absolute atomic E-state index is 0.199. The lowest BCUT2D eigenvalue weighted by atomic mass is 9.90. The third-order valence-electron chi connectivity index (χ3n) is 4.79. The van der Waals surface area contributed by atoms with Crippen molar-refractivity contribution in [1.82, 2.24) is 9.78 Å². The van der Waals surface area contributed by atoms with Gasteiger partial charge in [0, 0.05) is 36.3 Å². The minimum atomic E-state index is -1.57. The number of amides is 1. The van der Waals surface area contributed by atoms with Gasteiger partial charge in [0.25, 0.3) is 12.0 Å². The third-order valence-corrected chi connectivity index (χ3v) is 4.79. The summed E-state index contributed by atoms with van der Waals surface area (Å²) in [6, 6.07) is 5.48. The Bertz CT molecular complexity index is 836. The average Bonchev–Trinajstić information content (AvgIpc) is 3.20. The van der Waals surface area contributed by atoms with Crippen molar-refractivity contribution in [2.75, 3.05) is 5.32 Å². The van der Waals surface area contributed by atoms with Crippen LogP contribution in [-0.4, -0.2) is 15.7 Å². The molecule has 1 amide bonds. The molecule has 1 aromatic heterocycles. The van der Waals surface area contributed by atoms with Crippen LogP contribution >= 0.6 is 0 Å². The van der Waals surface area contributed by atoms with Crippen molar-refractivity contribution in [3.63, 3.8) is 0 Å². The molecule has 2 unspecified atom stereocenters. The van der Waals surface area contributed by atoms with Gasteiger partial charge in [-0.2, -0.15) is 13.9 Å². The van der Waals surface area contributed by atoms with Crippen molar-refractivity contribution in [1.29, 1.82) is 0 Å². The fourth-order valence-electron chi connectivity index (χ4n) is 3.89. The summed E-state index contributed by atoms with van der Waals surface area (Å²) >= 11 is 0. The van der Waals surface area contributed by atoms with Crippen LogP contribution < -0.4 is 5.32 Å². The first kappa shape index (κ1) is 14.1. The zero-order chi connectivity index (χ0) is 16.1. The Morgan fingerprint density at radius 3 is 2.78 bits per heavy atom. The predicted octanol–water partition coefficient (Wildman–Crippen LogP) is 3.80. The molecule has 2 aliphatic carbocycles. The van der Waals surface area contributed by atoms with Crippen LogP contribution in [0.5, 0.6) is 0 Å². The number of anilines is 1. The number of hydrogen-bond acceptors (Lipinski definition) is 2. The maximum absolute atomic E-state index is 13.3. The van der Waals surface area contributed by atoms with E-state index in [1.165, 1.54) is 6.20 Å². The van der Waals surface area contributed by atoms with E-state index in [-0.39, 0.29) is 23.3 Å². The summed E-state index contributed by atoms with van der Waals surface area (Å²) in [6.07, 6.45) is 3.00. The molecule has 0 radical (unpaired) electrons. The van der Waals surface area contributed by atoms with E-state index in [0.717, 1.165) is 17.5 Å². The van der Waals surface area contributed by atoms with Crippen LogP contribution in [0, 0.1) is 0 Å². The van der Waals surface area contributed by atoms with Gasteiger partial charge in [-0.05, 0) is 30.0 Å². The molecule has 1 saturated carbocycles. The Balaban J connectivity index is 1.71. The van der Waals surface area contributed by atoms with Gasteiger partial charge < -0.3 is 5.32 Å². The second kappa shape index (κ2) is 5.01. The first-order valence-corrected chi connectivity index (χ1v) is 7.54. The second-order valence-corrected chi connectivity index (χ2v) is 6.06. The van der Waals surface area contributed by atoms with Crippen LogP contribution in [0.25, 0.3) is 0 Å². The summed E-state index contributed by atoms with van der Waals surface area (Å²) in [6.45, 7) is 0. The zero-order valence-corrected chi connectivity index (χ0v) is 12.5. The Kier molecular flexibility index (Phi) is 3.07. The highest BCUT2D eigenvalue weighted by molar-refractivity contribution is 6.04. The maximum atomic E-state index is 13.3. The summed E-state index contributed by atoms with van der Waals surface area (Å²) in [7, 11) is 1.73. The molecule has 0 spiro atoms. The lowest BCUT2D eigenvalue weighted by Gasteiger charge is -2.18. The molecule has 6 heteroatoms. The smallest absolute Gasteiger partial charge is 0.270 e. The van der Waals surface area contributed by atoms with Gasteiger partial charge >= 0.3 is 0 Å². The number of carbonyl (C=O) groups is 1. The third kappa shape index (κ3) is 2.09. The lowest BCUT2D eigenvalue weighted by Crippen LogP contribution is -2.14. The molecular weight excluding hydrogens is 300 g/mol. The van der Waals surface area contributed by atoms with Gasteiger partial charge in [-0.1, -0.05) is 12.1 Å². The summed E-state index contributed by atoms with van der Waals surface area (Å²) in [4.78, 5) is 12.3. The SMILES string of the molecule is Cn1cc(C(=O)Nc2cccc3c2C2CCC3C2=C(F)F)cn1. The molecule has 0 saturated heterocycles. The fraction of sp³-hybridized carbons (Fsp3) is 0.294. The second-order valence-electron chi connectivity index (χ2n) is 6.06. The van der Waals surface area contributed by atoms with Gasteiger partial charge in [0.2, 0.25) is 0 Å². The largest absolute Gasteiger partial charge is 0.322 e. The van der Waals surface area contributed by atoms with Gasteiger partial charge in [-0.25, -0.2) is 0 Å². The van der Waals surface area contributed by atoms with Gasteiger partial charge in [-0.3, -0.25) is 9.48 Å². The van der Waals surface area contributed by atoms with E-state index in [2.05, 4.69) is 10.4 Å². The predicted molar refractivity (Wildman–Crippen MR) is 81.6 cm³/mol. The Labute approximate surface area is 131 Å². The molecular formula is C17H15F2N3O. The van der Waals surface area contributed by atoms with Crippen molar-refractivity contribution >= 4 is 11.6 Å². The molecule has 118 valence electrons. The highest BCUT2D eigenvalue weighted by Gasteiger charge is 2.45. The summed E-state index contributed by atoms with van der Waals surface area (Å²) in [5, 5.41) is 6.83. The number of nitrogens with one attached hydrogen (secondary N) is 1. The minimum Gasteiger partial charge on any atom is -0.322 e. The molecule has 1 fully saturated rings. The van der Waals surface area contributed by atoms with Gasteiger partial charge in [0.1, 0.15) is 0 Å². The number of aryl methyl sites for hydroxylation is 1. The number of halogens is 2. The van der Waals surface area contributed by atoms with Crippen molar-refractivity contribution in [3.05, 3.63) is 58.9 Å². The Morgan fingerprint density at radius 2 is 2.09 bits per heavy atom. The molecule has 2 aliphatic rings. The molecule has 0 aliphatic heterocycles. The van der Waals surface area contributed by atoms with E-state index < -0.39 is 6.08 Å². The quantitative estimate of drug-likeness (QED) is 0.916. The Hall–Kier alpha value is -2.50. The first-order chi connectivity index (χ1) is 11.1. The Morgan fingerprint density at radius 1 is 1.30 bits per heavy atom. The van der Waals surface area contributed by atoms with E-state index in [9.17, 15) is 13.6 Å². The molecule has 2 aromatic rings. The first-order valence-electron chi connectivity index (χ1n) is 7.54. The van der Waals surface area contributed by atoms with Gasteiger partial charge in [-0.15, -0.1) is 0 Å². The summed E-state index contributed by atoms with van der Waals surface area (Å²) in [5.41, 5.74) is 3.09. The van der Waals surface area contributed by atoms with Crippen LogP contribution in [0.2, 0.25) is 0 Å². The van der Waals surface area contributed by atoms with Crippen molar-refractivity contribution in [2.24, 2.45) is 7.05 Å². The van der Waals surface area contributed by atoms with Gasteiger partial charge in [0.15, 0.2) is 0 Å². The average molecular weight is 315 g/mol. The highest BCUT2D eigenvalue weighted by Crippen LogP contribution is 2.60. The van der Waals surface area contributed by atoms with E-state index in [1.807, 2.05) is 12.1 Å². The number of rotatable bonds is 2. The van der Waals surface area contributed by atoms with E-state index in [1.54, 1.807) is 24.0 Å². The molecule has 4 rings (SSSR count). The van der Waals surface area contributed by atoms with Crippen LogP contribution in [0.1, 0.15) is 46.2 Å². The van der Waals surface area contributed by atoms with Gasteiger partial charge in [0.05, 0.1) is 11.8 Å². The fourth-order valence-corrected chi connectivity index (χ4v) is 3.89. The lowest BCUT2D eigenvalue weighted by molar-refractivity contribution is 0.102. The van der Waals surface area contributed by atoms with Crippen molar-refractivity contribution < 1.29 is 13.6 Å². The molecule has 2 bridgehead atoms. The maximum Gasteiger partial charge on any atom is 0.270 e. The zero-order valence-electron chi connectivity index (χ0n) is 12.5.